The highest BCUT2D eigenvalue weighted by Gasteiger charge is 2.14. The van der Waals surface area contributed by atoms with Crippen molar-refractivity contribution < 1.29 is 5.11 Å². The predicted octanol–water partition coefficient (Wildman–Crippen LogP) is 3.21. The molecule has 0 fully saturated rings. The second kappa shape index (κ2) is 6.01. The van der Waals surface area contributed by atoms with Crippen molar-refractivity contribution in [2.75, 3.05) is 14.1 Å². The number of hydrogen-bond acceptors (Lipinski definition) is 2. The third kappa shape index (κ3) is 3.57. The summed E-state index contributed by atoms with van der Waals surface area (Å²) >= 11 is 0. The first-order valence-electron chi connectivity index (χ1n) is 6.32. The Morgan fingerprint density at radius 1 is 1.17 bits per heavy atom. The smallest absolute Gasteiger partial charge is 0.0907 e. The second-order valence-electron chi connectivity index (χ2n) is 5.40. The fourth-order valence-corrected chi connectivity index (χ4v) is 1.92. The summed E-state index contributed by atoms with van der Waals surface area (Å²) in [4.78, 5) is 6.38. The number of aliphatic hydroxyl groups excluding tert-OH is 1. The number of hydrogen-bond donors (Lipinski definition) is 1. The lowest BCUT2D eigenvalue weighted by Gasteiger charge is -2.17. The predicted molar refractivity (Wildman–Crippen MR) is 77.6 cm³/mol. The number of aryl methyl sites for hydroxylation is 2. The van der Waals surface area contributed by atoms with Gasteiger partial charge in [0.05, 0.1) is 18.1 Å². The van der Waals surface area contributed by atoms with Crippen molar-refractivity contribution in [3.8, 4) is 0 Å². The molecule has 0 aliphatic carbocycles. The van der Waals surface area contributed by atoms with E-state index in [1.165, 1.54) is 0 Å². The third-order valence-corrected chi connectivity index (χ3v) is 2.90. The molecule has 1 rings (SSSR count). The summed E-state index contributed by atoms with van der Waals surface area (Å²) in [6.07, 6.45) is 1.39. The van der Waals surface area contributed by atoms with E-state index in [1.807, 2.05) is 58.8 Å². The summed E-state index contributed by atoms with van der Waals surface area (Å²) in [5.74, 6) is 0.222. The number of aliphatic hydroxyl groups is 1. The van der Waals surface area contributed by atoms with E-state index < -0.39 is 6.10 Å². The zero-order chi connectivity index (χ0) is 13.9. The molecule has 0 bridgehead atoms. The molecule has 0 aliphatic heterocycles. The van der Waals surface area contributed by atoms with E-state index >= 15 is 0 Å². The van der Waals surface area contributed by atoms with Crippen LogP contribution in [0, 0.1) is 19.8 Å². The van der Waals surface area contributed by atoms with Crippen LogP contribution in [0.4, 0.5) is 5.69 Å². The Hall–Kier alpha value is -1.35. The molecule has 0 radical (unpaired) electrons. The Kier molecular flexibility index (Phi) is 4.91. The van der Waals surface area contributed by atoms with Gasteiger partial charge in [0.25, 0.3) is 0 Å². The van der Waals surface area contributed by atoms with Crippen molar-refractivity contribution in [1.82, 2.24) is 4.90 Å². The highest BCUT2D eigenvalue weighted by Crippen LogP contribution is 2.30. The molecule has 0 aliphatic rings. The monoisotopic (exact) mass is 248 g/mol. The Labute approximate surface area is 110 Å². The number of aliphatic imine (C=N–C) groups is 1. The van der Waals surface area contributed by atoms with E-state index in [9.17, 15) is 5.11 Å². The minimum Gasteiger partial charge on any atom is -0.388 e. The first-order valence-corrected chi connectivity index (χ1v) is 6.32. The lowest BCUT2D eigenvalue weighted by Crippen LogP contribution is -2.08. The van der Waals surface area contributed by atoms with E-state index in [4.69, 9.17) is 0 Å². The van der Waals surface area contributed by atoms with Gasteiger partial charge < -0.3 is 10.0 Å². The first kappa shape index (κ1) is 14.7. The number of nitrogens with zero attached hydrogens (tertiary/aromatic N) is 2. The minimum atomic E-state index is -0.408. The summed E-state index contributed by atoms with van der Waals surface area (Å²) in [5.41, 5.74) is 4.16. The third-order valence-electron chi connectivity index (χ3n) is 2.90. The van der Waals surface area contributed by atoms with Gasteiger partial charge in [0.15, 0.2) is 0 Å². The summed E-state index contributed by atoms with van der Waals surface area (Å²) in [5, 5.41) is 10.1. The molecular weight excluding hydrogens is 224 g/mol. The molecule has 1 atom stereocenters. The molecule has 1 aromatic rings. The fourth-order valence-electron chi connectivity index (χ4n) is 1.92. The normalized spacial score (nSPS) is 13.3. The molecule has 0 heterocycles. The minimum absolute atomic E-state index is 0.222. The maximum absolute atomic E-state index is 10.1. The van der Waals surface area contributed by atoms with Crippen LogP contribution in [0.15, 0.2) is 17.1 Å². The van der Waals surface area contributed by atoms with Gasteiger partial charge in [0.2, 0.25) is 0 Å². The van der Waals surface area contributed by atoms with E-state index in [2.05, 4.69) is 4.99 Å². The molecule has 1 unspecified atom stereocenters. The van der Waals surface area contributed by atoms with E-state index in [0.29, 0.717) is 0 Å². The Morgan fingerprint density at radius 3 is 2.06 bits per heavy atom. The van der Waals surface area contributed by atoms with Crippen LogP contribution in [0.2, 0.25) is 0 Å². The van der Waals surface area contributed by atoms with Crippen molar-refractivity contribution in [2.24, 2.45) is 10.9 Å². The second-order valence-corrected chi connectivity index (χ2v) is 5.40. The SMILES string of the molecule is Cc1cc(C(O)C(C)C)cc(C)c1N=CN(C)C. The number of benzene rings is 1. The number of rotatable bonds is 4. The molecule has 3 nitrogen and oxygen atoms in total. The van der Waals surface area contributed by atoms with Crippen LogP contribution in [-0.2, 0) is 0 Å². The Balaban J connectivity index is 3.12. The van der Waals surface area contributed by atoms with Crippen molar-refractivity contribution >= 4 is 12.0 Å². The molecule has 100 valence electrons. The first-order chi connectivity index (χ1) is 8.32. The maximum atomic E-state index is 10.1. The molecule has 0 amide bonds. The molecule has 0 spiro atoms. The quantitative estimate of drug-likeness (QED) is 0.656. The van der Waals surface area contributed by atoms with Crippen LogP contribution < -0.4 is 0 Å². The highest BCUT2D eigenvalue weighted by atomic mass is 16.3. The van der Waals surface area contributed by atoms with E-state index in [0.717, 1.165) is 22.4 Å². The van der Waals surface area contributed by atoms with Crippen molar-refractivity contribution in [3.63, 3.8) is 0 Å². The fraction of sp³-hybridized carbons (Fsp3) is 0.533. The van der Waals surface area contributed by atoms with Gasteiger partial charge in [-0.1, -0.05) is 26.0 Å². The van der Waals surface area contributed by atoms with Gasteiger partial charge in [0.1, 0.15) is 0 Å². The average molecular weight is 248 g/mol. The van der Waals surface area contributed by atoms with Gasteiger partial charge in [0, 0.05) is 14.1 Å². The highest BCUT2D eigenvalue weighted by molar-refractivity contribution is 5.65. The maximum Gasteiger partial charge on any atom is 0.0907 e. The van der Waals surface area contributed by atoms with Gasteiger partial charge in [-0.2, -0.15) is 0 Å². The van der Waals surface area contributed by atoms with E-state index in [-0.39, 0.29) is 5.92 Å². The molecule has 0 saturated heterocycles. The lowest BCUT2D eigenvalue weighted by atomic mass is 9.95. The van der Waals surface area contributed by atoms with Gasteiger partial charge in [-0.05, 0) is 36.5 Å². The van der Waals surface area contributed by atoms with Crippen LogP contribution >= 0.6 is 0 Å². The molecule has 3 heteroatoms. The lowest BCUT2D eigenvalue weighted by molar-refractivity contribution is 0.127. The summed E-state index contributed by atoms with van der Waals surface area (Å²) < 4.78 is 0. The van der Waals surface area contributed by atoms with Crippen LogP contribution in [0.25, 0.3) is 0 Å². The van der Waals surface area contributed by atoms with Crippen LogP contribution in [0.5, 0.6) is 0 Å². The van der Waals surface area contributed by atoms with Gasteiger partial charge in [-0.25, -0.2) is 4.99 Å². The van der Waals surface area contributed by atoms with Crippen LogP contribution in [0.3, 0.4) is 0 Å². The molecule has 0 aromatic heterocycles. The van der Waals surface area contributed by atoms with Crippen molar-refractivity contribution in [1.29, 1.82) is 0 Å². The van der Waals surface area contributed by atoms with Crippen molar-refractivity contribution in [2.45, 2.75) is 33.8 Å². The zero-order valence-electron chi connectivity index (χ0n) is 12.2. The zero-order valence-corrected chi connectivity index (χ0v) is 12.2. The molecule has 1 aromatic carbocycles. The van der Waals surface area contributed by atoms with Crippen LogP contribution in [-0.4, -0.2) is 30.4 Å². The van der Waals surface area contributed by atoms with Gasteiger partial charge >= 0.3 is 0 Å². The largest absolute Gasteiger partial charge is 0.388 e. The topological polar surface area (TPSA) is 35.8 Å². The molecule has 18 heavy (non-hydrogen) atoms. The summed E-state index contributed by atoms with van der Waals surface area (Å²) in [7, 11) is 3.90. The van der Waals surface area contributed by atoms with Gasteiger partial charge in [-0.15, -0.1) is 0 Å². The average Bonchev–Trinajstić information content (AvgIpc) is 2.26. The molecular formula is C15H24N2O. The summed E-state index contributed by atoms with van der Waals surface area (Å²) in [6, 6.07) is 4.06. The van der Waals surface area contributed by atoms with E-state index in [1.54, 1.807) is 6.34 Å². The van der Waals surface area contributed by atoms with Gasteiger partial charge in [-0.3, -0.25) is 0 Å². The Bertz CT molecular complexity index is 413. The summed E-state index contributed by atoms with van der Waals surface area (Å²) in [6.45, 7) is 8.11. The van der Waals surface area contributed by atoms with Crippen molar-refractivity contribution in [3.05, 3.63) is 28.8 Å². The Morgan fingerprint density at radius 2 is 1.67 bits per heavy atom. The standard InChI is InChI=1S/C15H24N2O/c1-10(2)15(18)13-7-11(3)14(12(4)8-13)16-9-17(5)6/h7-10,15,18H,1-6H3. The van der Waals surface area contributed by atoms with Crippen LogP contribution in [0.1, 0.15) is 36.6 Å². The molecule has 0 saturated carbocycles. The molecule has 1 N–H and O–H groups in total.